The molecule has 19 heavy (non-hydrogen) atoms. The molecule has 1 aliphatic heterocycles. The van der Waals surface area contributed by atoms with Crippen LogP contribution in [0, 0.1) is 0 Å². The highest BCUT2D eigenvalue weighted by Gasteiger charge is 2.11. The molecule has 98 valence electrons. The summed E-state index contributed by atoms with van der Waals surface area (Å²) >= 11 is 5.96. The van der Waals surface area contributed by atoms with Gasteiger partial charge in [-0.05, 0) is 34.9 Å². The zero-order valence-corrected chi connectivity index (χ0v) is 11.4. The van der Waals surface area contributed by atoms with Gasteiger partial charge in [-0.25, -0.2) is 0 Å². The van der Waals surface area contributed by atoms with E-state index in [1.807, 2.05) is 18.2 Å². The number of hydrogen-bond donors (Lipinski definition) is 1. The molecule has 0 aliphatic carbocycles. The molecule has 2 aromatic carbocycles. The predicted octanol–water partition coefficient (Wildman–Crippen LogP) is 3.56. The number of benzene rings is 2. The standard InChI is InChI=1S/C16H16ClNO/c17-15-3-1-2-12(9-15)10-18-11-13-4-5-16-14(8-13)6-7-19-16/h1-5,8-9,18H,6-7,10-11H2. The van der Waals surface area contributed by atoms with Gasteiger partial charge < -0.3 is 10.1 Å². The molecule has 3 heteroatoms. The summed E-state index contributed by atoms with van der Waals surface area (Å²) in [6.07, 6.45) is 1.03. The quantitative estimate of drug-likeness (QED) is 0.920. The van der Waals surface area contributed by atoms with Gasteiger partial charge in [-0.1, -0.05) is 35.9 Å². The lowest BCUT2D eigenvalue weighted by molar-refractivity contribution is 0.357. The summed E-state index contributed by atoms with van der Waals surface area (Å²) in [5.74, 6) is 1.04. The van der Waals surface area contributed by atoms with Crippen LogP contribution in [0.15, 0.2) is 42.5 Å². The Labute approximate surface area is 118 Å². The second-order valence-electron chi connectivity index (χ2n) is 4.77. The van der Waals surface area contributed by atoms with Crippen molar-refractivity contribution in [2.45, 2.75) is 19.5 Å². The van der Waals surface area contributed by atoms with Crippen LogP contribution in [-0.2, 0) is 19.5 Å². The van der Waals surface area contributed by atoms with Gasteiger partial charge in [0.05, 0.1) is 6.61 Å². The maximum absolute atomic E-state index is 5.96. The molecule has 2 nitrogen and oxygen atoms in total. The average Bonchev–Trinajstić information content (AvgIpc) is 2.86. The third-order valence-corrected chi connectivity index (χ3v) is 3.54. The summed E-state index contributed by atoms with van der Waals surface area (Å²) in [6, 6.07) is 14.4. The van der Waals surface area contributed by atoms with E-state index >= 15 is 0 Å². The van der Waals surface area contributed by atoms with Crippen LogP contribution in [0.5, 0.6) is 5.75 Å². The van der Waals surface area contributed by atoms with Crippen molar-refractivity contribution in [2.24, 2.45) is 0 Å². The van der Waals surface area contributed by atoms with E-state index in [1.165, 1.54) is 16.7 Å². The average molecular weight is 274 g/mol. The molecular weight excluding hydrogens is 258 g/mol. The predicted molar refractivity (Wildman–Crippen MR) is 77.6 cm³/mol. The minimum absolute atomic E-state index is 0.786. The zero-order valence-electron chi connectivity index (χ0n) is 10.7. The van der Waals surface area contributed by atoms with E-state index < -0.39 is 0 Å². The van der Waals surface area contributed by atoms with E-state index in [1.54, 1.807) is 0 Å². The number of ether oxygens (including phenoxy) is 1. The third kappa shape index (κ3) is 3.09. The van der Waals surface area contributed by atoms with E-state index in [-0.39, 0.29) is 0 Å². The number of fused-ring (bicyclic) bond motifs is 1. The Bertz CT molecular complexity index is 583. The fourth-order valence-corrected chi connectivity index (χ4v) is 2.56. The van der Waals surface area contributed by atoms with Crippen LogP contribution < -0.4 is 10.1 Å². The lowest BCUT2D eigenvalue weighted by Crippen LogP contribution is -2.12. The minimum atomic E-state index is 0.786. The highest BCUT2D eigenvalue weighted by molar-refractivity contribution is 6.30. The number of rotatable bonds is 4. The van der Waals surface area contributed by atoms with Crippen molar-refractivity contribution in [3.8, 4) is 5.75 Å². The first kappa shape index (κ1) is 12.5. The Morgan fingerprint density at radius 1 is 1.05 bits per heavy atom. The smallest absolute Gasteiger partial charge is 0.122 e. The van der Waals surface area contributed by atoms with E-state index in [4.69, 9.17) is 16.3 Å². The Hall–Kier alpha value is -1.51. The van der Waals surface area contributed by atoms with Gasteiger partial charge in [0.2, 0.25) is 0 Å². The van der Waals surface area contributed by atoms with Gasteiger partial charge in [-0.3, -0.25) is 0 Å². The molecular formula is C16H16ClNO. The topological polar surface area (TPSA) is 21.3 Å². The highest BCUT2D eigenvalue weighted by atomic mass is 35.5. The van der Waals surface area contributed by atoms with Crippen LogP contribution >= 0.6 is 11.6 Å². The van der Waals surface area contributed by atoms with Gasteiger partial charge in [0.1, 0.15) is 5.75 Å². The monoisotopic (exact) mass is 273 g/mol. The fourth-order valence-electron chi connectivity index (χ4n) is 2.35. The first-order valence-electron chi connectivity index (χ1n) is 6.51. The Balaban J connectivity index is 1.58. The van der Waals surface area contributed by atoms with Crippen molar-refractivity contribution in [2.75, 3.05) is 6.61 Å². The van der Waals surface area contributed by atoms with Crippen LogP contribution in [0.4, 0.5) is 0 Å². The molecule has 0 aromatic heterocycles. The van der Waals surface area contributed by atoms with Gasteiger partial charge >= 0.3 is 0 Å². The Kier molecular flexibility index (Phi) is 3.72. The molecule has 3 rings (SSSR count). The van der Waals surface area contributed by atoms with Crippen molar-refractivity contribution in [1.29, 1.82) is 0 Å². The summed E-state index contributed by atoms with van der Waals surface area (Å²) < 4.78 is 5.51. The Morgan fingerprint density at radius 3 is 2.74 bits per heavy atom. The van der Waals surface area contributed by atoms with Gasteiger partial charge in [0, 0.05) is 24.5 Å². The normalized spacial score (nSPS) is 13.1. The molecule has 1 aliphatic rings. The number of hydrogen-bond acceptors (Lipinski definition) is 2. The Morgan fingerprint density at radius 2 is 1.89 bits per heavy atom. The van der Waals surface area contributed by atoms with Crippen molar-refractivity contribution >= 4 is 11.6 Å². The summed E-state index contributed by atoms with van der Waals surface area (Å²) in [4.78, 5) is 0. The first-order valence-corrected chi connectivity index (χ1v) is 6.89. The molecule has 0 spiro atoms. The van der Waals surface area contributed by atoms with Crippen LogP contribution in [-0.4, -0.2) is 6.61 Å². The molecule has 1 N–H and O–H groups in total. The summed E-state index contributed by atoms with van der Waals surface area (Å²) in [5, 5.41) is 4.22. The van der Waals surface area contributed by atoms with E-state index in [9.17, 15) is 0 Å². The minimum Gasteiger partial charge on any atom is -0.493 e. The van der Waals surface area contributed by atoms with Crippen molar-refractivity contribution in [3.63, 3.8) is 0 Å². The largest absolute Gasteiger partial charge is 0.493 e. The summed E-state index contributed by atoms with van der Waals surface area (Å²) in [5.41, 5.74) is 3.82. The van der Waals surface area contributed by atoms with Crippen LogP contribution in [0.25, 0.3) is 0 Å². The van der Waals surface area contributed by atoms with Gasteiger partial charge in [-0.2, -0.15) is 0 Å². The second kappa shape index (κ2) is 5.64. The molecule has 0 bridgehead atoms. The molecule has 0 unspecified atom stereocenters. The number of halogens is 1. The third-order valence-electron chi connectivity index (χ3n) is 3.30. The first-order chi connectivity index (χ1) is 9.31. The van der Waals surface area contributed by atoms with E-state index in [0.717, 1.165) is 36.9 Å². The van der Waals surface area contributed by atoms with Crippen molar-refractivity contribution < 1.29 is 4.74 Å². The van der Waals surface area contributed by atoms with Crippen LogP contribution in [0.3, 0.4) is 0 Å². The van der Waals surface area contributed by atoms with E-state index in [0.29, 0.717) is 0 Å². The number of nitrogens with one attached hydrogen (secondary N) is 1. The SMILES string of the molecule is Clc1cccc(CNCc2ccc3c(c2)CCO3)c1. The van der Waals surface area contributed by atoms with Crippen molar-refractivity contribution in [1.82, 2.24) is 5.32 Å². The van der Waals surface area contributed by atoms with Gasteiger partial charge in [0.15, 0.2) is 0 Å². The maximum Gasteiger partial charge on any atom is 0.122 e. The summed E-state index contributed by atoms with van der Waals surface area (Å²) in [7, 11) is 0. The van der Waals surface area contributed by atoms with Crippen LogP contribution in [0.1, 0.15) is 16.7 Å². The lowest BCUT2D eigenvalue weighted by atomic mass is 10.1. The summed E-state index contributed by atoms with van der Waals surface area (Å²) in [6.45, 7) is 2.50. The van der Waals surface area contributed by atoms with Crippen LogP contribution in [0.2, 0.25) is 5.02 Å². The molecule has 0 saturated carbocycles. The van der Waals surface area contributed by atoms with Gasteiger partial charge in [-0.15, -0.1) is 0 Å². The second-order valence-corrected chi connectivity index (χ2v) is 5.21. The lowest BCUT2D eigenvalue weighted by Gasteiger charge is -2.07. The molecule has 0 atom stereocenters. The molecule has 0 fully saturated rings. The molecule has 1 heterocycles. The fraction of sp³-hybridized carbons (Fsp3) is 0.250. The zero-order chi connectivity index (χ0) is 13.1. The molecule has 2 aromatic rings. The molecule has 0 radical (unpaired) electrons. The molecule has 0 saturated heterocycles. The van der Waals surface area contributed by atoms with Crippen molar-refractivity contribution in [3.05, 3.63) is 64.2 Å². The van der Waals surface area contributed by atoms with E-state index in [2.05, 4.69) is 29.6 Å². The van der Waals surface area contributed by atoms with Gasteiger partial charge in [0.25, 0.3) is 0 Å². The molecule has 0 amide bonds. The maximum atomic E-state index is 5.96. The highest BCUT2D eigenvalue weighted by Crippen LogP contribution is 2.25.